The van der Waals surface area contributed by atoms with E-state index in [1.54, 1.807) is 6.20 Å². The number of aromatic nitrogens is 3. The van der Waals surface area contributed by atoms with E-state index in [-0.39, 0.29) is 0 Å². The van der Waals surface area contributed by atoms with Gasteiger partial charge in [0.2, 0.25) is 0 Å². The summed E-state index contributed by atoms with van der Waals surface area (Å²) in [7, 11) is 0. The molecule has 0 spiro atoms. The molecule has 0 bridgehead atoms. The van der Waals surface area contributed by atoms with Crippen LogP contribution in [0.2, 0.25) is 0 Å². The van der Waals surface area contributed by atoms with Gasteiger partial charge in [0.1, 0.15) is 0 Å². The Morgan fingerprint density at radius 2 is 2.43 bits per heavy atom. The zero-order valence-corrected chi connectivity index (χ0v) is 12.7. The summed E-state index contributed by atoms with van der Waals surface area (Å²) in [5.41, 5.74) is 2.35. The Morgan fingerprint density at radius 1 is 1.48 bits per heavy atom. The molecule has 2 aromatic rings. The van der Waals surface area contributed by atoms with Gasteiger partial charge in [-0.15, -0.1) is 0 Å². The highest BCUT2D eigenvalue weighted by Crippen LogP contribution is 2.25. The average molecular weight is 288 g/mol. The summed E-state index contributed by atoms with van der Waals surface area (Å²) in [6, 6.07) is 0.345. The van der Waals surface area contributed by atoms with E-state index in [0.717, 1.165) is 25.1 Å². The molecule has 1 aliphatic rings. The van der Waals surface area contributed by atoms with Crippen LogP contribution >= 0.6 is 0 Å². The normalized spacial score (nSPS) is 20.1. The van der Waals surface area contributed by atoms with Gasteiger partial charge in [0.25, 0.3) is 0 Å². The molecule has 5 nitrogen and oxygen atoms in total. The standard InChI is InChI=1S/C16H24N4O/c1-2-18-15(7-3-5-13-6-4-10-21-13)14-11-19-20-9-8-17-12-16(14)20/h8-9,11-13,15,18H,2-7,10H2,1H3. The van der Waals surface area contributed by atoms with E-state index >= 15 is 0 Å². The van der Waals surface area contributed by atoms with E-state index < -0.39 is 0 Å². The van der Waals surface area contributed by atoms with Crippen molar-refractivity contribution in [3.63, 3.8) is 0 Å². The van der Waals surface area contributed by atoms with Crippen LogP contribution in [0.5, 0.6) is 0 Å². The second kappa shape index (κ2) is 7.00. The lowest BCUT2D eigenvalue weighted by atomic mass is 10.0. The molecular formula is C16H24N4O. The second-order valence-electron chi connectivity index (χ2n) is 5.68. The number of fused-ring (bicyclic) bond motifs is 1. The van der Waals surface area contributed by atoms with Crippen molar-refractivity contribution >= 4 is 5.52 Å². The molecule has 1 fully saturated rings. The lowest BCUT2D eigenvalue weighted by Crippen LogP contribution is -2.21. The lowest BCUT2D eigenvalue weighted by Gasteiger charge is -2.18. The molecule has 0 amide bonds. The maximum absolute atomic E-state index is 5.71. The summed E-state index contributed by atoms with van der Waals surface area (Å²) in [5, 5.41) is 8.00. The predicted octanol–water partition coefficient (Wildman–Crippen LogP) is 2.73. The molecule has 1 aliphatic heterocycles. The van der Waals surface area contributed by atoms with Crippen molar-refractivity contribution < 1.29 is 4.74 Å². The van der Waals surface area contributed by atoms with Gasteiger partial charge in [-0.1, -0.05) is 6.92 Å². The fraction of sp³-hybridized carbons (Fsp3) is 0.625. The Labute approximate surface area is 125 Å². The Kier molecular flexibility index (Phi) is 4.83. The monoisotopic (exact) mass is 288 g/mol. The zero-order valence-electron chi connectivity index (χ0n) is 12.7. The topological polar surface area (TPSA) is 51.5 Å². The van der Waals surface area contributed by atoms with Crippen LogP contribution in [0.4, 0.5) is 0 Å². The summed E-state index contributed by atoms with van der Waals surface area (Å²) in [6.45, 7) is 4.06. The highest BCUT2D eigenvalue weighted by atomic mass is 16.5. The molecular weight excluding hydrogens is 264 g/mol. The zero-order chi connectivity index (χ0) is 14.5. The van der Waals surface area contributed by atoms with Gasteiger partial charge in [0.05, 0.1) is 24.0 Å². The minimum atomic E-state index is 0.345. The van der Waals surface area contributed by atoms with Gasteiger partial charge < -0.3 is 10.1 Å². The fourth-order valence-electron chi connectivity index (χ4n) is 3.16. The Hall–Kier alpha value is -1.46. The summed E-state index contributed by atoms with van der Waals surface area (Å²) in [5.74, 6) is 0. The van der Waals surface area contributed by atoms with Crippen LogP contribution in [-0.2, 0) is 4.74 Å². The van der Waals surface area contributed by atoms with Crippen LogP contribution in [0.25, 0.3) is 5.52 Å². The molecule has 5 heteroatoms. The minimum absolute atomic E-state index is 0.345. The van der Waals surface area contributed by atoms with Gasteiger partial charge in [-0.05, 0) is 38.6 Å². The Balaban J connectivity index is 1.65. The van der Waals surface area contributed by atoms with E-state index in [1.807, 2.05) is 23.1 Å². The molecule has 2 aromatic heterocycles. The molecule has 0 aromatic carbocycles. The number of hydrogen-bond acceptors (Lipinski definition) is 4. The maximum Gasteiger partial charge on any atom is 0.0892 e. The molecule has 2 atom stereocenters. The first-order valence-electron chi connectivity index (χ1n) is 8.00. The number of nitrogens with one attached hydrogen (secondary N) is 1. The van der Waals surface area contributed by atoms with Crippen molar-refractivity contribution in [2.75, 3.05) is 13.2 Å². The van der Waals surface area contributed by atoms with Crippen LogP contribution in [0.1, 0.15) is 50.6 Å². The van der Waals surface area contributed by atoms with Crippen molar-refractivity contribution in [1.82, 2.24) is 19.9 Å². The van der Waals surface area contributed by atoms with Crippen molar-refractivity contribution in [3.05, 3.63) is 30.4 Å². The third-order valence-corrected chi connectivity index (χ3v) is 4.22. The van der Waals surface area contributed by atoms with Gasteiger partial charge in [-0.2, -0.15) is 5.10 Å². The third kappa shape index (κ3) is 3.41. The van der Waals surface area contributed by atoms with E-state index in [1.165, 1.54) is 31.2 Å². The van der Waals surface area contributed by atoms with Crippen LogP contribution in [0.3, 0.4) is 0 Å². The van der Waals surface area contributed by atoms with E-state index in [0.29, 0.717) is 12.1 Å². The van der Waals surface area contributed by atoms with Gasteiger partial charge in [0, 0.05) is 30.6 Å². The molecule has 1 saturated heterocycles. The molecule has 2 unspecified atom stereocenters. The smallest absolute Gasteiger partial charge is 0.0892 e. The molecule has 3 rings (SSSR count). The highest BCUT2D eigenvalue weighted by Gasteiger charge is 2.18. The van der Waals surface area contributed by atoms with Gasteiger partial charge >= 0.3 is 0 Å². The number of rotatable bonds is 7. The molecule has 0 saturated carbocycles. The third-order valence-electron chi connectivity index (χ3n) is 4.22. The van der Waals surface area contributed by atoms with E-state index in [4.69, 9.17) is 4.74 Å². The number of hydrogen-bond donors (Lipinski definition) is 1. The van der Waals surface area contributed by atoms with Gasteiger partial charge in [-0.3, -0.25) is 4.98 Å². The number of ether oxygens (including phenoxy) is 1. The molecule has 3 heterocycles. The van der Waals surface area contributed by atoms with Gasteiger partial charge in [-0.25, -0.2) is 4.52 Å². The summed E-state index contributed by atoms with van der Waals surface area (Å²) in [6.07, 6.45) is 13.9. The first kappa shape index (κ1) is 14.5. The molecule has 0 radical (unpaired) electrons. The predicted molar refractivity (Wildman–Crippen MR) is 82.2 cm³/mol. The molecule has 1 N–H and O–H groups in total. The fourth-order valence-corrected chi connectivity index (χ4v) is 3.16. The first-order valence-corrected chi connectivity index (χ1v) is 8.00. The molecule has 0 aliphatic carbocycles. The van der Waals surface area contributed by atoms with Crippen molar-refractivity contribution in [1.29, 1.82) is 0 Å². The quantitative estimate of drug-likeness (QED) is 0.851. The van der Waals surface area contributed by atoms with Crippen molar-refractivity contribution in [2.24, 2.45) is 0 Å². The maximum atomic E-state index is 5.71. The van der Waals surface area contributed by atoms with E-state index in [9.17, 15) is 0 Å². The summed E-state index contributed by atoms with van der Waals surface area (Å²) < 4.78 is 7.60. The first-order chi connectivity index (χ1) is 10.4. The molecule has 114 valence electrons. The largest absolute Gasteiger partial charge is 0.378 e. The highest BCUT2D eigenvalue weighted by molar-refractivity contribution is 5.53. The molecule has 21 heavy (non-hydrogen) atoms. The van der Waals surface area contributed by atoms with Crippen molar-refractivity contribution in [2.45, 2.75) is 51.2 Å². The Bertz CT molecular complexity index is 562. The average Bonchev–Trinajstić information content (AvgIpc) is 3.16. The van der Waals surface area contributed by atoms with Crippen molar-refractivity contribution in [3.8, 4) is 0 Å². The summed E-state index contributed by atoms with van der Waals surface area (Å²) in [4.78, 5) is 4.22. The van der Waals surface area contributed by atoms with Gasteiger partial charge in [0.15, 0.2) is 0 Å². The SMILES string of the molecule is CCNC(CCCC1CCCO1)c1cnn2ccncc12. The summed E-state index contributed by atoms with van der Waals surface area (Å²) >= 11 is 0. The van der Waals surface area contributed by atoms with Crippen LogP contribution in [0, 0.1) is 0 Å². The second-order valence-corrected chi connectivity index (χ2v) is 5.68. The Morgan fingerprint density at radius 3 is 3.24 bits per heavy atom. The van der Waals surface area contributed by atoms with Crippen LogP contribution in [-0.4, -0.2) is 33.9 Å². The van der Waals surface area contributed by atoms with Crippen LogP contribution in [0.15, 0.2) is 24.8 Å². The minimum Gasteiger partial charge on any atom is -0.378 e. The number of nitrogens with zero attached hydrogens (tertiary/aromatic N) is 3. The van der Waals surface area contributed by atoms with Crippen LogP contribution < -0.4 is 5.32 Å². The van der Waals surface area contributed by atoms with E-state index in [2.05, 4.69) is 22.3 Å². The lowest BCUT2D eigenvalue weighted by molar-refractivity contribution is 0.101.